The zero-order chi connectivity index (χ0) is 33.7. The fraction of sp³-hybridized carbons (Fsp3) is 0.500. The first kappa shape index (κ1) is 35.3. The molecule has 0 bridgehead atoms. The SMILES string of the molecule is CO[C@@H](CO[C@@H]1C[C@H](CO)[C@@H](OC(=O)/C=C/c2ccc(O)c(O)c2)[C@H](O[C@@H]2O[C@@H](O)[C@H](O)[C@@H](O)[C@H]2O)[C@H]1O)c1ccc(O)c(O)c1. The third-order valence-corrected chi connectivity index (χ3v) is 7.89. The van der Waals surface area contributed by atoms with Gasteiger partial charge in [0.05, 0.1) is 12.7 Å². The van der Waals surface area contributed by atoms with Crippen LogP contribution in [0.4, 0.5) is 0 Å². The molecule has 4 rings (SSSR count). The molecule has 10 N–H and O–H groups in total. The van der Waals surface area contributed by atoms with E-state index in [-0.39, 0.29) is 24.5 Å². The molecule has 2 aromatic carbocycles. The number of carbonyl (C=O) groups excluding carboxylic acids is 1. The van der Waals surface area contributed by atoms with E-state index in [0.29, 0.717) is 11.1 Å². The van der Waals surface area contributed by atoms with Crippen LogP contribution in [0.3, 0.4) is 0 Å². The second-order valence-electron chi connectivity index (χ2n) is 11.0. The van der Waals surface area contributed by atoms with Crippen LogP contribution in [0.1, 0.15) is 23.7 Å². The first-order valence-electron chi connectivity index (χ1n) is 14.2. The number of carbonyl (C=O) groups is 1. The van der Waals surface area contributed by atoms with E-state index in [4.69, 9.17) is 23.7 Å². The number of hydrogen-bond donors (Lipinski definition) is 10. The van der Waals surface area contributed by atoms with Gasteiger partial charge in [-0.3, -0.25) is 0 Å². The van der Waals surface area contributed by atoms with E-state index in [1.807, 2.05) is 0 Å². The Hall–Kier alpha value is -3.55. The third-order valence-electron chi connectivity index (χ3n) is 7.89. The number of aliphatic hydroxyl groups excluding tert-OH is 6. The van der Waals surface area contributed by atoms with Crippen molar-refractivity contribution in [2.24, 2.45) is 5.92 Å². The lowest BCUT2D eigenvalue weighted by Crippen LogP contribution is -2.63. The molecule has 1 aliphatic heterocycles. The monoisotopic (exact) mass is 654 g/mol. The molecule has 0 unspecified atom stereocenters. The Morgan fingerprint density at radius 1 is 0.891 bits per heavy atom. The number of methoxy groups -OCH3 is 1. The van der Waals surface area contributed by atoms with Crippen molar-refractivity contribution in [2.75, 3.05) is 20.3 Å². The Bertz CT molecular complexity index is 1350. The molecule has 46 heavy (non-hydrogen) atoms. The summed E-state index contributed by atoms with van der Waals surface area (Å²) in [5.74, 6) is -3.45. The highest BCUT2D eigenvalue weighted by molar-refractivity contribution is 5.87. The van der Waals surface area contributed by atoms with E-state index in [0.717, 1.165) is 6.08 Å². The van der Waals surface area contributed by atoms with Gasteiger partial charge in [-0.15, -0.1) is 0 Å². The van der Waals surface area contributed by atoms with Crippen molar-refractivity contribution in [1.29, 1.82) is 0 Å². The van der Waals surface area contributed by atoms with Crippen LogP contribution >= 0.6 is 0 Å². The average Bonchev–Trinajstić information content (AvgIpc) is 3.03. The van der Waals surface area contributed by atoms with Crippen LogP contribution in [0.15, 0.2) is 42.5 Å². The fourth-order valence-corrected chi connectivity index (χ4v) is 5.24. The zero-order valence-corrected chi connectivity index (χ0v) is 24.5. The molecule has 0 spiro atoms. The van der Waals surface area contributed by atoms with Crippen LogP contribution in [-0.2, 0) is 28.5 Å². The van der Waals surface area contributed by atoms with E-state index < -0.39 is 91.4 Å². The molecule has 254 valence electrons. The van der Waals surface area contributed by atoms with Gasteiger partial charge in [0.1, 0.15) is 42.7 Å². The molecule has 16 nitrogen and oxygen atoms in total. The van der Waals surface area contributed by atoms with Crippen molar-refractivity contribution in [1.82, 2.24) is 0 Å². The molecule has 1 heterocycles. The molecule has 11 atom stereocenters. The maximum Gasteiger partial charge on any atom is 0.331 e. The summed E-state index contributed by atoms with van der Waals surface area (Å²) in [6, 6.07) is 7.81. The van der Waals surface area contributed by atoms with Crippen molar-refractivity contribution in [3.63, 3.8) is 0 Å². The van der Waals surface area contributed by atoms with Crippen LogP contribution in [0.5, 0.6) is 23.0 Å². The number of hydrogen-bond acceptors (Lipinski definition) is 16. The summed E-state index contributed by atoms with van der Waals surface area (Å²) in [6.45, 7) is -0.802. The van der Waals surface area contributed by atoms with Crippen molar-refractivity contribution in [3.8, 4) is 23.0 Å². The van der Waals surface area contributed by atoms with Gasteiger partial charge in [0.2, 0.25) is 0 Å². The summed E-state index contributed by atoms with van der Waals surface area (Å²) in [5.41, 5.74) is 0.751. The Kier molecular flexibility index (Phi) is 11.8. The second-order valence-corrected chi connectivity index (χ2v) is 11.0. The fourth-order valence-electron chi connectivity index (χ4n) is 5.24. The maximum absolute atomic E-state index is 12.9. The van der Waals surface area contributed by atoms with E-state index >= 15 is 0 Å². The number of aromatic hydroxyl groups is 4. The first-order chi connectivity index (χ1) is 21.8. The minimum absolute atomic E-state index is 0.0830. The van der Waals surface area contributed by atoms with Crippen LogP contribution in [0.2, 0.25) is 0 Å². The number of ether oxygens (including phenoxy) is 5. The van der Waals surface area contributed by atoms with Gasteiger partial charge < -0.3 is 74.7 Å². The summed E-state index contributed by atoms with van der Waals surface area (Å²) in [6.07, 6.45) is -13.9. The lowest BCUT2D eigenvalue weighted by molar-refractivity contribution is -0.363. The molecule has 0 aromatic heterocycles. The van der Waals surface area contributed by atoms with Gasteiger partial charge in [-0.2, -0.15) is 0 Å². The highest BCUT2D eigenvalue weighted by Gasteiger charge is 2.52. The van der Waals surface area contributed by atoms with E-state index in [1.165, 1.54) is 49.6 Å². The molecule has 0 radical (unpaired) electrons. The van der Waals surface area contributed by atoms with Crippen LogP contribution in [0, 0.1) is 5.92 Å². The number of benzene rings is 2. The number of phenols is 4. The van der Waals surface area contributed by atoms with Gasteiger partial charge in [-0.05, 0) is 47.9 Å². The molecule has 2 aliphatic rings. The van der Waals surface area contributed by atoms with Crippen molar-refractivity contribution in [2.45, 2.75) is 67.8 Å². The number of esters is 1. The highest BCUT2D eigenvalue weighted by Crippen LogP contribution is 2.36. The first-order valence-corrected chi connectivity index (χ1v) is 14.2. The summed E-state index contributed by atoms with van der Waals surface area (Å²) in [7, 11) is 1.37. The molecule has 2 fully saturated rings. The molecular weight excluding hydrogens is 616 g/mol. The normalized spacial score (nSPS) is 32.3. The van der Waals surface area contributed by atoms with Crippen molar-refractivity contribution >= 4 is 12.0 Å². The van der Waals surface area contributed by atoms with Crippen molar-refractivity contribution in [3.05, 3.63) is 53.6 Å². The second kappa shape index (κ2) is 15.4. The van der Waals surface area contributed by atoms with Crippen LogP contribution in [-0.4, -0.2) is 133 Å². The summed E-state index contributed by atoms with van der Waals surface area (Å²) >= 11 is 0. The third kappa shape index (κ3) is 8.05. The van der Waals surface area contributed by atoms with Crippen molar-refractivity contribution < 1.29 is 79.5 Å². The largest absolute Gasteiger partial charge is 0.504 e. The van der Waals surface area contributed by atoms with Gasteiger partial charge in [0.25, 0.3) is 0 Å². The Morgan fingerprint density at radius 2 is 1.57 bits per heavy atom. The lowest BCUT2D eigenvalue weighted by Gasteiger charge is -2.46. The Morgan fingerprint density at radius 3 is 2.20 bits per heavy atom. The summed E-state index contributed by atoms with van der Waals surface area (Å²) < 4.78 is 27.8. The smallest absolute Gasteiger partial charge is 0.331 e. The predicted molar refractivity (Wildman–Crippen MR) is 153 cm³/mol. The maximum atomic E-state index is 12.9. The number of phenolic OH excluding ortho intramolecular Hbond substituents is 4. The van der Waals surface area contributed by atoms with E-state index in [9.17, 15) is 55.9 Å². The van der Waals surface area contributed by atoms with Gasteiger partial charge in [0, 0.05) is 25.7 Å². The van der Waals surface area contributed by atoms with Gasteiger partial charge in [-0.1, -0.05) is 12.1 Å². The minimum atomic E-state index is -1.99. The van der Waals surface area contributed by atoms with Crippen LogP contribution in [0.25, 0.3) is 6.08 Å². The zero-order valence-electron chi connectivity index (χ0n) is 24.5. The molecule has 0 amide bonds. The van der Waals surface area contributed by atoms with Gasteiger partial charge >= 0.3 is 5.97 Å². The Labute approximate surface area is 262 Å². The minimum Gasteiger partial charge on any atom is -0.504 e. The molecular formula is C30H38O16. The molecule has 1 saturated carbocycles. The lowest BCUT2D eigenvalue weighted by atomic mass is 9.80. The topological polar surface area (TPSA) is 266 Å². The van der Waals surface area contributed by atoms with E-state index in [1.54, 1.807) is 0 Å². The predicted octanol–water partition coefficient (Wildman–Crippen LogP) is -1.28. The van der Waals surface area contributed by atoms with Crippen LogP contribution < -0.4 is 0 Å². The quantitative estimate of drug-likeness (QED) is 0.0768. The molecule has 1 aliphatic carbocycles. The Balaban J connectivity index is 1.56. The van der Waals surface area contributed by atoms with Gasteiger partial charge in [0.15, 0.2) is 35.6 Å². The summed E-state index contributed by atoms with van der Waals surface area (Å²) in [5, 5.41) is 101. The van der Waals surface area contributed by atoms with E-state index in [2.05, 4.69) is 0 Å². The number of aliphatic hydroxyl groups is 6. The van der Waals surface area contributed by atoms with Gasteiger partial charge in [-0.25, -0.2) is 4.79 Å². The number of rotatable bonds is 11. The average molecular weight is 655 g/mol. The summed E-state index contributed by atoms with van der Waals surface area (Å²) in [4.78, 5) is 12.9. The standard InChI is InChI=1S/C30H38O16/c1-42-21(14-4-6-17(33)19(35)9-14)12-43-20-10-15(11-31)27(44-22(36)7-3-13-2-5-16(32)18(34)8-13)28(23(20)37)45-30-26(40)24(38)25(39)29(41)46-30/h2-9,15,20-21,23-35,37-41H,10-12H2,1H3/b7-3+/t15-,20-,21+,23+,24-,25-,26-,27-,28-,29-,30-/m1/s1. The molecule has 2 aromatic rings. The molecule has 16 heteroatoms. The molecule has 1 saturated heterocycles. The highest BCUT2D eigenvalue weighted by atomic mass is 16.8.